The topological polar surface area (TPSA) is 108 Å². The van der Waals surface area contributed by atoms with E-state index in [2.05, 4.69) is 5.32 Å². The molecule has 24 heavy (non-hydrogen) atoms. The molecule has 1 aromatic rings. The molecule has 1 N–H and O–H groups in total. The minimum Gasteiger partial charge on any atom is -0.452 e. The van der Waals surface area contributed by atoms with E-state index in [4.69, 9.17) is 9.47 Å². The van der Waals surface area contributed by atoms with E-state index in [0.717, 1.165) is 18.9 Å². The molecule has 1 amide bonds. The van der Waals surface area contributed by atoms with Crippen molar-refractivity contribution in [1.29, 1.82) is 0 Å². The van der Waals surface area contributed by atoms with Gasteiger partial charge in [0, 0.05) is 31.4 Å². The number of hydrogen-bond donors (Lipinski definition) is 1. The smallest absolute Gasteiger partial charge is 0.331 e. The van der Waals surface area contributed by atoms with Crippen LogP contribution in [-0.2, 0) is 19.1 Å². The number of ether oxygens (including phenoxy) is 2. The molecule has 128 valence electrons. The van der Waals surface area contributed by atoms with E-state index >= 15 is 0 Å². The third-order valence-corrected chi connectivity index (χ3v) is 3.41. The fourth-order valence-electron chi connectivity index (χ4n) is 2.14. The number of nitrogens with one attached hydrogen (secondary N) is 1. The fourth-order valence-corrected chi connectivity index (χ4v) is 2.14. The second kappa shape index (κ2) is 8.78. The average molecular weight is 334 g/mol. The summed E-state index contributed by atoms with van der Waals surface area (Å²) in [5.41, 5.74) is 0.582. The number of esters is 1. The van der Waals surface area contributed by atoms with Gasteiger partial charge in [-0.1, -0.05) is 0 Å². The molecule has 1 atom stereocenters. The molecule has 0 spiro atoms. The summed E-state index contributed by atoms with van der Waals surface area (Å²) in [5.74, 6) is -1.05. The first-order chi connectivity index (χ1) is 11.5. The Bertz CT molecular complexity index is 620. The van der Waals surface area contributed by atoms with Crippen LogP contribution in [0.4, 0.5) is 5.69 Å². The van der Waals surface area contributed by atoms with Gasteiger partial charge in [-0.25, -0.2) is 4.79 Å². The molecule has 1 saturated heterocycles. The lowest BCUT2D eigenvalue weighted by Crippen LogP contribution is -2.34. The van der Waals surface area contributed by atoms with E-state index in [-0.39, 0.29) is 24.3 Å². The SMILES string of the molecule is O=C(COC(=O)/C=C/c1ccc([N+](=O)[O-])cc1)NC[C@@H]1CCCO1. The zero-order valence-corrected chi connectivity index (χ0v) is 13.0. The van der Waals surface area contributed by atoms with Crippen LogP contribution in [0.5, 0.6) is 0 Å². The van der Waals surface area contributed by atoms with Crippen LogP contribution in [0.25, 0.3) is 6.08 Å². The summed E-state index contributed by atoms with van der Waals surface area (Å²) >= 11 is 0. The van der Waals surface area contributed by atoms with Gasteiger partial charge in [-0.05, 0) is 36.6 Å². The van der Waals surface area contributed by atoms with Gasteiger partial charge in [0.2, 0.25) is 0 Å². The number of non-ortho nitro benzene ring substituents is 1. The van der Waals surface area contributed by atoms with Crippen molar-refractivity contribution < 1.29 is 24.0 Å². The van der Waals surface area contributed by atoms with E-state index in [0.29, 0.717) is 18.7 Å². The molecule has 8 nitrogen and oxygen atoms in total. The van der Waals surface area contributed by atoms with E-state index in [1.165, 1.54) is 30.3 Å². The maximum atomic E-state index is 11.5. The van der Waals surface area contributed by atoms with Crippen molar-refractivity contribution in [2.24, 2.45) is 0 Å². The van der Waals surface area contributed by atoms with Gasteiger partial charge in [0.15, 0.2) is 6.61 Å². The van der Waals surface area contributed by atoms with Gasteiger partial charge >= 0.3 is 5.97 Å². The van der Waals surface area contributed by atoms with Crippen molar-refractivity contribution in [3.8, 4) is 0 Å². The van der Waals surface area contributed by atoms with E-state index in [9.17, 15) is 19.7 Å². The van der Waals surface area contributed by atoms with Crippen molar-refractivity contribution in [3.05, 3.63) is 46.0 Å². The highest BCUT2D eigenvalue weighted by Gasteiger charge is 2.16. The molecule has 8 heteroatoms. The highest BCUT2D eigenvalue weighted by Crippen LogP contribution is 2.13. The summed E-state index contributed by atoms with van der Waals surface area (Å²) in [6.07, 6.45) is 4.55. The average Bonchev–Trinajstić information content (AvgIpc) is 3.10. The van der Waals surface area contributed by atoms with E-state index < -0.39 is 10.9 Å². The van der Waals surface area contributed by atoms with Crippen molar-refractivity contribution in [3.63, 3.8) is 0 Å². The maximum Gasteiger partial charge on any atom is 0.331 e. The monoisotopic (exact) mass is 334 g/mol. The summed E-state index contributed by atoms with van der Waals surface area (Å²) < 4.78 is 10.2. The van der Waals surface area contributed by atoms with Crippen molar-refractivity contribution in [1.82, 2.24) is 5.32 Å². The molecule has 1 heterocycles. The van der Waals surface area contributed by atoms with Crippen LogP contribution < -0.4 is 5.32 Å². The standard InChI is InChI=1S/C16H18N2O6/c19-15(17-10-14-2-1-9-23-14)11-24-16(20)8-5-12-3-6-13(7-4-12)18(21)22/h3-8,14H,1-2,9-11H2,(H,17,19)/b8-5+/t14-/m0/s1. The van der Waals surface area contributed by atoms with Gasteiger partial charge in [-0.15, -0.1) is 0 Å². The van der Waals surface area contributed by atoms with Crippen molar-refractivity contribution >= 4 is 23.6 Å². The van der Waals surface area contributed by atoms with Gasteiger partial charge in [0.1, 0.15) is 0 Å². The second-order valence-corrected chi connectivity index (χ2v) is 5.23. The summed E-state index contributed by atoms with van der Waals surface area (Å²) in [7, 11) is 0. The molecule has 1 fully saturated rings. The van der Waals surface area contributed by atoms with Crippen LogP contribution in [0.1, 0.15) is 18.4 Å². The van der Waals surface area contributed by atoms with Gasteiger partial charge in [0.25, 0.3) is 11.6 Å². The first-order valence-corrected chi connectivity index (χ1v) is 7.52. The number of nitro benzene ring substituents is 1. The molecule has 0 aliphatic carbocycles. The summed E-state index contributed by atoms with van der Waals surface area (Å²) in [4.78, 5) is 33.1. The summed E-state index contributed by atoms with van der Waals surface area (Å²) in [5, 5.41) is 13.2. The molecule has 0 unspecified atom stereocenters. The Morgan fingerprint density at radius 3 is 2.75 bits per heavy atom. The predicted molar refractivity (Wildman–Crippen MR) is 85.1 cm³/mol. The van der Waals surface area contributed by atoms with Crippen molar-refractivity contribution in [2.45, 2.75) is 18.9 Å². The van der Waals surface area contributed by atoms with Crippen LogP contribution in [0.3, 0.4) is 0 Å². The molecule has 1 aliphatic heterocycles. The number of hydrogen-bond acceptors (Lipinski definition) is 6. The molecule has 0 aromatic heterocycles. The molecule has 1 aliphatic rings. The molecule has 2 rings (SSSR count). The Labute approximate surface area is 138 Å². The highest BCUT2D eigenvalue weighted by atomic mass is 16.6. The lowest BCUT2D eigenvalue weighted by Gasteiger charge is -2.10. The number of carbonyl (C=O) groups excluding carboxylic acids is 2. The molecular formula is C16H18N2O6. The van der Waals surface area contributed by atoms with E-state index in [1.807, 2.05) is 0 Å². The Kier molecular flexibility index (Phi) is 6.44. The third kappa shape index (κ3) is 5.81. The largest absolute Gasteiger partial charge is 0.452 e. The zero-order chi connectivity index (χ0) is 17.4. The minimum absolute atomic E-state index is 0.0300. The van der Waals surface area contributed by atoms with Gasteiger partial charge in [-0.2, -0.15) is 0 Å². The first-order valence-electron chi connectivity index (χ1n) is 7.52. The maximum absolute atomic E-state index is 11.5. The minimum atomic E-state index is -0.666. The fraction of sp³-hybridized carbons (Fsp3) is 0.375. The van der Waals surface area contributed by atoms with Gasteiger partial charge in [0.05, 0.1) is 11.0 Å². The normalized spacial score (nSPS) is 16.9. The Morgan fingerprint density at radius 2 is 2.12 bits per heavy atom. The zero-order valence-electron chi connectivity index (χ0n) is 13.0. The Balaban J connectivity index is 1.69. The Hall–Kier alpha value is -2.74. The second-order valence-electron chi connectivity index (χ2n) is 5.23. The number of rotatable bonds is 7. The van der Waals surface area contributed by atoms with Crippen LogP contribution in [0.2, 0.25) is 0 Å². The van der Waals surface area contributed by atoms with E-state index in [1.54, 1.807) is 0 Å². The number of carbonyl (C=O) groups is 2. The number of amides is 1. The first kappa shape index (κ1) is 17.6. The molecule has 0 radical (unpaired) electrons. The number of benzene rings is 1. The lowest BCUT2D eigenvalue weighted by molar-refractivity contribution is -0.384. The summed E-state index contributed by atoms with van der Waals surface area (Å²) in [6.45, 7) is 0.758. The highest BCUT2D eigenvalue weighted by molar-refractivity contribution is 5.89. The Morgan fingerprint density at radius 1 is 1.38 bits per heavy atom. The van der Waals surface area contributed by atoms with Crippen molar-refractivity contribution in [2.75, 3.05) is 19.8 Å². The van der Waals surface area contributed by atoms with Crippen LogP contribution >= 0.6 is 0 Å². The number of nitro groups is 1. The quantitative estimate of drug-likeness (QED) is 0.350. The van der Waals surface area contributed by atoms with Crippen LogP contribution in [0, 0.1) is 10.1 Å². The molecule has 1 aromatic carbocycles. The number of nitrogens with zero attached hydrogens (tertiary/aromatic N) is 1. The molecule has 0 saturated carbocycles. The van der Waals surface area contributed by atoms with Crippen LogP contribution in [-0.4, -0.2) is 42.7 Å². The lowest BCUT2D eigenvalue weighted by atomic mass is 10.2. The molecule has 0 bridgehead atoms. The van der Waals surface area contributed by atoms with Gasteiger partial charge < -0.3 is 14.8 Å². The predicted octanol–water partition coefficient (Wildman–Crippen LogP) is 1.45. The molecular weight excluding hydrogens is 316 g/mol. The van der Waals surface area contributed by atoms with Gasteiger partial charge in [-0.3, -0.25) is 14.9 Å². The third-order valence-electron chi connectivity index (χ3n) is 3.41. The van der Waals surface area contributed by atoms with Crippen LogP contribution in [0.15, 0.2) is 30.3 Å². The summed E-state index contributed by atoms with van der Waals surface area (Å²) in [6, 6.07) is 5.69.